The van der Waals surface area contributed by atoms with Crippen LogP contribution in [0.25, 0.3) is 0 Å². The molecule has 4 heteroatoms. The van der Waals surface area contributed by atoms with Gasteiger partial charge in [0.05, 0.1) is 5.56 Å². The summed E-state index contributed by atoms with van der Waals surface area (Å²) in [7, 11) is 0. The number of hydrogen-bond acceptors (Lipinski definition) is 3. The molecule has 1 fully saturated rings. The Balaban J connectivity index is 2.24. The van der Waals surface area contributed by atoms with Gasteiger partial charge in [0, 0.05) is 18.2 Å². The van der Waals surface area contributed by atoms with Crippen LogP contribution in [0.5, 0.6) is 0 Å². The smallest absolute Gasteiger partial charge is 0.257 e. The quantitative estimate of drug-likeness (QED) is 0.901. The molecule has 1 aliphatic rings. The molecule has 1 saturated carbocycles. The lowest BCUT2D eigenvalue weighted by molar-refractivity contribution is 0.0678. The van der Waals surface area contributed by atoms with Gasteiger partial charge < -0.3 is 15.1 Å². The minimum Gasteiger partial charge on any atom is -0.466 e. The molecule has 0 spiro atoms. The van der Waals surface area contributed by atoms with Gasteiger partial charge in [0.2, 0.25) is 0 Å². The second-order valence-electron chi connectivity index (χ2n) is 5.79. The normalized spacial score (nSPS) is 15.8. The minimum atomic E-state index is 0.122. The van der Waals surface area contributed by atoms with E-state index in [-0.39, 0.29) is 5.91 Å². The van der Waals surface area contributed by atoms with Gasteiger partial charge in [-0.25, -0.2) is 0 Å². The SMILES string of the molecule is Cc1oc(C)c(C(=O)N(CCCN)C2CCCC2)c1C. The van der Waals surface area contributed by atoms with Crippen LogP contribution in [0.2, 0.25) is 0 Å². The van der Waals surface area contributed by atoms with E-state index < -0.39 is 0 Å². The molecule has 2 rings (SSSR count). The molecule has 4 nitrogen and oxygen atoms in total. The predicted molar refractivity (Wildman–Crippen MR) is 79.9 cm³/mol. The third-order valence-corrected chi connectivity index (χ3v) is 4.40. The van der Waals surface area contributed by atoms with Gasteiger partial charge in [-0.1, -0.05) is 12.8 Å². The number of hydrogen-bond donors (Lipinski definition) is 1. The molecular formula is C16H26N2O2. The molecule has 1 aromatic rings. The van der Waals surface area contributed by atoms with Gasteiger partial charge in [0.25, 0.3) is 5.91 Å². The van der Waals surface area contributed by atoms with Crippen molar-refractivity contribution in [2.24, 2.45) is 5.73 Å². The molecule has 0 saturated heterocycles. The number of carbonyl (C=O) groups is 1. The molecule has 1 heterocycles. The van der Waals surface area contributed by atoms with Gasteiger partial charge in [0.15, 0.2) is 0 Å². The Morgan fingerprint density at radius 3 is 2.40 bits per heavy atom. The highest BCUT2D eigenvalue weighted by atomic mass is 16.3. The van der Waals surface area contributed by atoms with Crippen molar-refractivity contribution in [1.82, 2.24) is 4.90 Å². The summed E-state index contributed by atoms with van der Waals surface area (Å²) in [4.78, 5) is 14.9. The predicted octanol–water partition coefficient (Wildman–Crippen LogP) is 2.94. The van der Waals surface area contributed by atoms with E-state index >= 15 is 0 Å². The Morgan fingerprint density at radius 2 is 1.90 bits per heavy atom. The fraction of sp³-hybridized carbons (Fsp3) is 0.688. The number of carbonyl (C=O) groups excluding carboxylic acids is 1. The molecule has 112 valence electrons. The van der Waals surface area contributed by atoms with Crippen LogP contribution in [-0.2, 0) is 0 Å². The zero-order chi connectivity index (χ0) is 14.7. The topological polar surface area (TPSA) is 59.5 Å². The van der Waals surface area contributed by atoms with Crippen LogP contribution >= 0.6 is 0 Å². The van der Waals surface area contributed by atoms with E-state index in [0.29, 0.717) is 12.6 Å². The highest BCUT2D eigenvalue weighted by molar-refractivity contribution is 5.97. The fourth-order valence-corrected chi connectivity index (χ4v) is 3.18. The fourth-order valence-electron chi connectivity index (χ4n) is 3.18. The second kappa shape index (κ2) is 6.44. The highest BCUT2D eigenvalue weighted by Crippen LogP contribution is 2.28. The van der Waals surface area contributed by atoms with Crippen molar-refractivity contribution in [2.45, 2.75) is 58.9 Å². The average molecular weight is 278 g/mol. The second-order valence-corrected chi connectivity index (χ2v) is 5.79. The molecule has 0 unspecified atom stereocenters. The lowest BCUT2D eigenvalue weighted by Gasteiger charge is -2.29. The van der Waals surface area contributed by atoms with Crippen molar-refractivity contribution in [2.75, 3.05) is 13.1 Å². The summed E-state index contributed by atoms with van der Waals surface area (Å²) >= 11 is 0. The van der Waals surface area contributed by atoms with Gasteiger partial charge in [-0.3, -0.25) is 4.79 Å². The first-order valence-electron chi connectivity index (χ1n) is 7.64. The van der Waals surface area contributed by atoms with Crippen molar-refractivity contribution in [3.63, 3.8) is 0 Å². The molecule has 0 bridgehead atoms. The molecule has 1 amide bonds. The first-order valence-corrected chi connectivity index (χ1v) is 7.64. The lowest BCUT2D eigenvalue weighted by Crippen LogP contribution is -2.40. The van der Waals surface area contributed by atoms with Gasteiger partial charge >= 0.3 is 0 Å². The summed E-state index contributed by atoms with van der Waals surface area (Å²) in [6.45, 7) is 7.14. The maximum Gasteiger partial charge on any atom is 0.257 e. The van der Waals surface area contributed by atoms with Crippen LogP contribution in [-0.4, -0.2) is 29.9 Å². The molecule has 0 aromatic carbocycles. The highest BCUT2D eigenvalue weighted by Gasteiger charge is 2.30. The van der Waals surface area contributed by atoms with Crippen LogP contribution in [0, 0.1) is 20.8 Å². The molecular weight excluding hydrogens is 252 g/mol. The van der Waals surface area contributed by atoms with Crippen molar-refractivity contribution < 1.29 is 9.21 Å². The van der Waals surface area contributed by atoms with Gasteiger partial charge in [-0.15, -0.1) is 0 Å². The largest absolute Gasteiger partial charge is 0.466 e. The average Bonchev–Trinajstić information content (AvgIpc) is 3.00. The van der Waals surface area contributed by atoms with Crippen molar-refractivity contribution in [3.05, 3.63) is 22.6 Å². The Bertz CT molecular complexity index is 473. The number of nitrogens with two attached hydrogens (primary N) is 1. The zero-order valence-corrected chi connectivity index (χ0v) is 12.9. The number of amides is 1. The Kier molecular flexibility index (Phi) is 4.86. The summed E-state index contributed by atoms with van der Waals surface area (Å²) in [5.74, 6) is 1.70. The van der Waals surface area contributed by atoms with E-state index in [2.05, 4.69) is 0 Å². The van der Waals surface area contributed by atoms with Crippen molar-refractivity contribution in [3.8, 4) is 0 Å². The molecule has 0 aliphatic heterocycles. The maximum absolute atomic E-state index is 12.9. The number of furan rings is 1. The van der Waals surface area contributed by atoms with E-state index in [1.54, 1.807) is 0 Å². The molecule has 1 aromatic heterocycles. The standard InChI is InChI=1S/C16H26N2O2/c1-11-12(2)20-13(3)15(11)16(19)18(10-6-9-17)14-7-4-5-8-14/h14H,4-10,17H2,1-3H3. The van der Waals surface area contributed by atoms with E-state index in [1.165, 1.54) is 12.8 Å². The van der Waals surface area contributed by atoms with Crippen LogP contribution < -0.4 is 5.73 Å². The Morgan fingerprint density at radius 1 is 1.25 bits per heavy atom. The van der Waals surface area contributed by atoms with Crippen LogP contribution in [0.4, 0.5) is 0 Å². The van der Waals surface area contributed by atoms with E-state index in [1.807, 2.05) is 25.7 Å². The summed E-state index contributed by atoms with van der Waals surface area (Å²) in [5.41, 5.74) is 7.35. The van der Waals surface area contributed by atoms with Gasteiger partial charge in [-0.2, -0.15) is 0 Å². The Hall–Kier alpha value is -1.29. The molecule has 1 aliphatic carbocycles. The monoisotopic (exact) mass is 278 g/mol. The van der Waals surface area contributed by atoms with Crippen LogP contribution in [0.15, 0.2) is 4.42 Å². The van der Waals surface area contributed by atoms with E-state index in [4.69, 9.17) is 10.2 Å². The first-order chi connectivity index (χ1) is 9.56. The Labute approximate surface area is 121 Å². The van der Waals surface area contributed by atoms with Crippen molar-refractivity contribution in [1.29, 1.82) is 0 Å². The number of aryl methyl sites for hydroxylation is 2. The summed E-state index contributed by atoms with van der Waals surface area (Å²) in [6.07, 6.45) is 5.53. The third-order valence-electron chi connectivity index (χ3n) is 4.40. The summed E-state index contributed by atoms with van der Waals surface area (Å²) in [6, 6.07) is 0.378. The maximum atomic E-state index is 12.9. The minimum absolute atomic E-state index is 0.122. The molecule has 20 heavy (non-hydrogen) atoms. The number of nitrogens with zero attached hydrogens (tertiary/aromatic N) is 1. The lowest BCUT2D eigenvalue weighted by atomic mass is 10.1. The van der Waals surface area contributed by atoms with Gasteiger partial charge in [0.1, 0.15) is 11.5 Å². The molecule has 0 radical (unpaired) electrons. The van der Waals surface area contributed by atoms with Crippen molar-refractivity contribution >= 4 is 5.91 Å². The van der Waals surface area contributed by atoms with Crippen LogP contribution in [0.1, 0.15) is 59.5 Å². The molecule has 0 atom stereocenters. The van der Waals surface area contributed by atoms with Gasteiger partial charge in [-0.05, 0) is 46.6 Å². The zero-order valence-electron chi connectivity index (χ0n) is 12.9. The number of rotatable bonds is 5. The molecule has 2 N–H and O–H groups in total. The first kappa shape index (κ1) is 15.1. The summed E-state index contributed by atoms with van der Waals surface area (Å²) in [5, 5.41) is 0. The third kappa shape index (κ3) is 2.90. The van der Waals surface area contributed by atoms with E-state index in [9.17, 15) is 4.79 Å². The van der Waals surface area contributed by atoms with Crippen LogP contribution in [0.3, 0.4) is 0 Å². The summed E-state index contributed by atoms with van der Waals surface area (Å²) < 4.78 is 5.61. The van der Waals surface area contributed by atoms with E-state index in [0.717, 1.165) is 48.5 Å².